The van der Waals surface area contributed by atoms with Crippen molar-refractivity contribution >= 4 is 11.9 Å². The second-order valence-corrected chi connectivity index (χ2v) is 2.70. The lowest BCUT2D eigenvalue weighted by Gasteiger charge is -2.29. The van der Waals surface area contributed by atoms with Crippen molar-refractivity contribution in [3.63, 3.8) is 0 Å². The van der Waals surface area contributed by atoms with Gasteiger partial charge in [0.15, 0.2) is 5.66 Å². The molecule has 0 unspecified atom stereocenters. The van der Waals surface area contributed by atoms with Gasteiger partial charge in [0.25, 0.3) is 0 Å². The van der Waals surface area contributed by atoms with Gasteiger partial charge in [-0.1, -0.05) is 0 Å². The van der Waals surface area contributed by atoms with Crippen LogP contribution >= 0.6 is 0 Å². The molecule has 0 amide bonds. The summed E-state index contributed by atoms with van der Waals surface area (Å²) in [6, 6.07) is 0. The molecule has 0 aromatic heterocycles. The van der Waals surface area contributed by atoms with Crippen molar-refractivity contribution < 1.29 is 19.8 Å². The Kier molecular flexibility index (Phi) is 3.17. The van der Waals surface area contributed by atoms with Crippen molar-refractivity contribution in [3.8, 4) is 0 Å². The lowest BCUT2D eigenvalue weighted by molar-refractivity contribution is -0.151. The minimum atomic E-state index is -1.64. The minimum Gasteiger partial charge on any atom is -0.480 e. The molecule has 12 heavy (non-hydrogen) atoms. The van der Waals surface area contributed by atoms with Gasteiger partial charge in [0.2, 0.25) is 0 Å². The first kappa shape index (κ1) is 10.9. The lowest BCUT2D eigenvalue weighted by atomic mass is 10.2. The smallest absolute Gasteiger partial charge is 0.338 e. The normalized spacial score (nSPS) is 15.7. The van der Waals surface area contributed by atoms with E-state index in [9.17, 15) is 9.59 Å². The molecule has 0 aromatic carbocycles. The molecule has 0 rings (SSSR count). The first-order valence-corrected chi connectivity index (χ1v) is 3.23. The molecule has 0 fully saturated rings. The molecule has 0 bridgehead atoms. The van der Waals surface area contributed by atoms with E-state index >= 15 is 0 Å². The third-order valence-corrected chi connectivity index (χ3v) is 1.60. The first-order chi connectivity index (χ1) is 5.28. The molecule has 0 spiro atoms. The van der Waals surface area contributed by atoms with Gasteiger partial charge >= 0.3 is 11.9 Å². The van der Waals surface area contributed by atoms with Gasteiger partial charge in [-0.05, 0) is 14.0 Å². The Labute approximate surface area is 69.6 Å². The van der Waals surface area contributed by atoms with Gasteiger partial charge in [-0.3, -0.25) is 9.69 Å². The van der Waals surface area contributed by atoms with Crippen molar-refractivity contribution in [1.29, 1.82) is 0 Å². The summed E-state index contributed by atoms with van der Waals surface area (Å²) < 4.78 is 0. The highest BCUT2D eigenvalue weighted by molar-refractivity contribution is 5.78. The molecule has 0 saturated carbocycles. The molecule has 4 N–H and O–H groups in total. The van der Waals surface area contributed by atoms with E-state index in [0.29, 0.717) is 0 Å². The predicted molar refractivity (Wildman–Crippen MR) is 40.5 cm³/mol. The van der Waals surface area contributed by atoms with Crippen LogP contribution in [-0.2, 0) is 9.59 Å². The number of aliphatic carboxylic acids is 2. The standard InChI is InChI=1S/C6H12N2O4/c1-6(7,5(11)12)8(2)3-4(9)10/h3,7H2,1-2H3,(H,9,10)(H,11,12)/t6-/m1/s1. The van der Waals surface area contributed by atoms with E-state index < -0.39 is 24.1 Å². The van der Waals surface area contributed by atoms with Crippen LogP contribution in [0.25, 0.3) is 0 Å². The molecule has 0 aromatic rings. The quantitative estimate of drug-likeness (QED) is 0.463. The van der Waals surface area contributed by atoms with Crippen LogP contribution in [0.2, 0.25) is 0 Å². The van der Waals surface area contributed by atoms with E-state index in [1.807, 2.05) is 0 Å². The summed E-state index contributed by atoms with van der Waals surface area (Å²) in [4.78, 5) is 21.7. The largest absolute Gasteiger partial charge is 0.480 e. The van der Waals surface area contributed by atoms with Crippen molar-refractivity contribution in [3.05, 3.63) is 0 Å². The Morgan fingerprint density at radius 2 is 1.92 bits per heavy atom. The Morgan fingerprint density at radius 1 is 1.50 bits per heavy atom. The molecule has 6 heteroatoms. The predicted octanol–water partition coefficient (Wildman–Crippen LogP) is -1.24. The first-order valence-electron chi connectivity index (χ1n) is 3.23. The number of carboxylic acid groups (broad SMARTS) is 2. The van der Waals surface area contributed by atoms with E-state index in [1.54, 1.807) is 0 Å². The lowest BCUT2D eigenvalue weighted by Crippen LogP contribution is -2.58. The summed E-state index contributed by atoms with van der Waals surface area (Å²) in [5, 5.41) is 16.9. The van der Waals surface area contributed by atoms with Crippen LogP contribution in [0.1, 0.15) is 6.92 Å². The van der Waals surface area contributed by atoms with Crippen molar-refractivity contribution in [2.75, 3.05) is 13.6 Å². The zero-order valence-corrected chi connectivity index (χ0v) is 6.94. The molecule has 70 valence electrons. The average Bonchev–Trinajstić information content (AvgIpc) is 1.85. The Hall–Kier alpha value is -1.14. The zero-order valence-electron chi connectivity index (χ0n) is 6.94. The molecule has 0 heterocycles. The number of nitrogens with zero attached hydrogens (tertiary/aromatic N) is 1. The Balaban J connectivity index is 4.35. The monoisotopic (exact) mass is 176 g/mol. The van der Waals surface area contributed by atoms with Crippen LogP contribution in [0.3, 0.4) is 0 Å². The van der Waals surface area contributed by atoms with Gasteiger partial charge in [-0.15, -0.1) is 0 Å². The highest BCUT2D eigenvalue weighted by Crippen LogP contribution is 2.04. The van der Waals surface area contributed by atoms with E-state index in [-0.39, 0.29) is 0 Å². The minimum absolute atomic E-state index is 0.403. The van der Waals surface area contributed by atoms with Crippen molar-refractivity contribution in [1.82, 2.24) is 4.90 Å². The second-order valence-electron chi connectivity index (χ2n) is 2.70. The molecule has 0 aliphatic heterocycles. The van der Waals surface area contributed by atoms with Crippen LogP contribution in [0.15, 0.2) is 0 Å². The van der Waals surface area contributed by atoms with Gasteiger partial charge in [0, 0.05) is 0 Å². The van der Waals surface area contributed by atoms with Crippen molar-refractivity contribution in [2.45, 2.75) is 12.6 Å². The van der Waals surface area contributed by atoms with Gasteiger partial charge < -0.3 is 15.9 Å². The topological polar surface area (TPSA) is 104 Å². The third-order valence-electron chi connectivity index (χ3n) is 1.60. The number of rotatable bonds is 4. The fraction of sp³-hybridized carbons (Fsp3) is 0.667. The SMILES string of the molecule is CN(CC(=O)O)[C@@](C)(N)C(=O)O. The third kappa shape index (κ3) is 2.48. The Bertz CT molecular complexity index is 202. The maximum Gasteiger partial charge on any atom is 0.338 e. The van der Waals surface area contributed by atoms with Gasteiger partial charge in [0.05, 0.1) is 6.54 Å². The molecule has 1 atom stereocenters. The molecule has 0 aliphatic carbocycles. The maximum absolute atomic E-state index is 10.5. The highest BCUT2D eigenvalue weighted by Gasteiger charge is 2.33. The summed E-state index contributed by atoms with van der Waals surface area (Å²) >= 11 is 0. The van der Waals surface area contributed by atoms with E-state index in [1.165, 1.54) is 14.0 Å². The van der Waals surface area contributed by atoms with Crippen LogP contribution in [0.4, 0.5) is 0 Å². The van der Waals surface area contributed by atoms with Crippen LogP contribution in [0.5, 0.6) is 0 Å². The Morgan fingerprint density at radius 3 is 2.17 bits per heavy atom. The second kappa shape index (κ2) is 3.51. The number of carboxylic acids is 2. The number of nitrogens with two attached hydrogens (primary N) is 1. The average molecular weight is 176 g/mol. The van der Waals surface area contributed by atoms with Crippen LogP contribution in [0, 0.1) is 0 Å². The summed E-state index contributed by atoms with van der Waals surface area (Å²) in [7, 11) is 1.34. The molecular formula is C6H12N2O4. The van der Waals surface area contributed by atoms with Gasteiger partial charge in [0.1, 0.15) is 0 Å². The zero-order chi connectivity index (χ0) is 9.94. The van der Waals surface area contributed by atoms with Crippen LogP contribution in [-0.4, -0.2) is 46.3 Å². The number of likely N-dealkylation sites (N-methyl/N-ethyl adjacent to an activating group) is 1. The molecule has 0 aliphatic rings. The van der Waals surface area contributed by atoms with Gasteiger partial charge in [-0.25, -0.2) is 4.79 Å². The maximum atomic E-state index is 10.5. The summed E-state index contributed by atoms with van der Waals surface area (Å²) in [6.45, 7) is 0.831. The van der Waals surface area contributed by atoms with E-state index in [2.05, 4.69) is 0 Å². The molecule has 0 radical (unpaired) electrons. The highest BCUT2D eigenvalue weighted by atomic mass is 16.4. The molecular weight excluding hydrogens is 164 g/mol. The molecule has 6 nitrogen and oxygen atoms in total. The number of hydrogen-bond acceptors (Lipinski definition) is 4. The summed E-state index contributed by atoms with van der Waals surface area (Å²) in [5.41, 5.74) is 3.67. The number of hydrogen-bond donors (Lipinski definition) is 3. The van der Waals surface area contributed by atoms with Crippen LogP contribution < -0.4 is 5.73 Å². The fourth-order valence-electron chi connectivity index (χ4n) is 0.530. The summed E-state index contributed by atoms with van der Waals surface area (Å²) in [5.74, 6) is -2.37. The summed E-state index contributed by atoms with van der Waals surface area (Å²) in [6.07, 6.45) is 0. The number of carbonyl (C=O) groups is 2. The van der Waals surface area contributed by atoms with Crippen molar-refractivity contribution in [2.24, 2.45) is 5.73 Å². The van der Waals surface area contributed by atoms with E-state index in [4.69, 9.17) is 15.9 Å². The molecule has 0 saturated heterocycles. The fourth-order valence-corrected chi connectivity index (χ4v) is 0.530. The van der Waals surface area contributed by atoms with E-state index in [0.717, 1.165) is 4.90 Å². The van der Waals surface area contributed by atoms with Gasteiger partial charge in [-0.2, -0.15) is 0 Å².